The molecule has 5 bridgehead atoms. The Kier molecular flexibility index (Phi) is 8.61. The van der Waals surface area contributed by atoms with Crippen LogP contribution in [0.25, 0.3) is 0 Å². The molecule has 4 heterocycles. The molecule has 0 aliphatic carbocycles. The largest absolute Gasteiger partial charge is 0.460 e. The number of cyclic esters (lactones) is 1. The number of likely N-dealkylation sites (tertiary alicyclic amines) is 1. The Balaban J connectivity index is 1.64. The molecule has 220 valence electrons. The number of anilines is 1. The number of nitrogens with zero attached hydrogens (tertiary/aromatic N) is 2. The van der Waals surface area contributed by atoms with Crippen molar-refractivity contribution in [3.63, 3.8) is 0 Å². The molecule has 5 rings (SSSR count). The minimum absolute atomic E-state index is 0.0961. The first-order valence-corrected chi connectivity index (χ1v) is 14.9. The van der Waals surface area contributed by atoms with E-state index < -0.39 is 53.5 Å². The second-order valence-corrected chi connectivity index (χ2v) is 12.2. The Morgan fingerprint density at radius 1 is 1.20 bits per heavy atom. The molecule has 10 nitrogen and oxygen atoms in total. The molecule has 12 heteroatoms. The summed E-state index contributed by atoms with van der Waals surface area (Å²) in [5.74, 6) is -3.68. The molecule has 0 unspecified atom stereocenters. The summed E-state index contributed by atoms with van der Waals surface area (Å²) in [6, 6.07) is 4.21. The minimum Gasteiger partial charge on any atom is -0.460 e. The molecule has 2 fully saturated rings. The standard InChI is InChI=1S/C29H33BrClN3O7/c1-16-8-6-9-19(31)23(16)33-11-5-3-4-10-20(36)32-15-17(2)40-28(39)21-22-26(37)34(12-7-13-35)25(27(33)38)29(22)14-18(30)24(21)41-29/h3,5-6,8-9,14,17,21-22,24-25,35H,4,7,10-13,15H2,1-2H3,(H,32,36)/b5-3-/t17-,21+,22-,24+,25+,29-/m1/s1. The first-order chi connectivity index (χ1) is 19.6. The van der Waals surface area contributed by atoms with Crippen LogP contribution >= 0.6 is 27.5 Å². The Hall–Kier alpha value is -2.73. The van der Waals surface area contributed by atoms with Gasteiger partial charge in [-0.25, -0.2) is 0 Å². The number of para-hydroxylation sites is 1. The number of hydrogen-bond donors (Lipinski definition) is 2. The first kappa shape index (κ1) is 29.8. The smallest absolute Gasteiger partial charge is 0.313 e. The minimum atomic E-state index is -1.43. The third kappa shape index (κ3) is 5.22. The van der Waals surface area contributed by atoms with Crippen LogP contribution in [0.1, 0.15) is 31.7 Å². The summed E-state index contributed by atoms with van der Waals surface area (Å²) in [7, 11) is 0. The fraction of sp³-hybridized carbons (Fsp3) is 0.517. The van der Waals surface area contributed by atoms with E-state index in [9.17, 15) is 24.3 Å². The summed E-state index contributed by atoms with van der Waals surface area (Å²) >= 11 is 10.2. The van der Waals surface area contributed by atoms with Gasteiger partial charge in [0.15, 0.2) is 0 Å². The van der Waals surface area contributed by atoms with Gasteiger partial charge >= 0.3 is 5.97 Å². The van der Waals surface area contributed by atoms with Gasteiger partial charge in [-0.15, -0.1) is 0 Å². The van der Waals surface area contributed by atoms with E-state index in [-0.39, 0.29) is 45.0 Å². The van der Waals surface area contributed by atoms with E-state index in [2.05, 4.69) is 21.2 Å². The van der Waals surface area contributed by atoms with Gasteiger partial charge in [0, 0.05) is 30.6 Å². The molecule has 0 saturated carbocycles. The third-order valence-corrected chi connectivity index (χ3v) is 9.10. The summed E-state index contributed by atoms with van der Waals surface area (Å²) in [6.45, 7) is 3.67. The topological polar surface area (TPSA) is 125 Å². The number of nitrogens with one attached hydrogen (secondary N) is 1. The fourth-order valence-corrected chi connectivity index (χ4v) is 7.39. The molecule has 0 aromatic heterocycles. The average molecular weight is 651 g/mol. The number of aliphatic hydroxyl groups is 1. The Labute approximate surface area is 251 Å². The number of rotatable bonds is 4. The third-order valence-electron chi connectivity index (χ3n) is 8.11. The number of hydrogen-bond acceptors (Lipinski definition) is 7. The van der Waals surface area contributed by atoms with Gasteiger partial charge in [-0.2, -0.15) is 0 Å². The van der Waals surface area contributed by atoms with E-state index in [0.29, 0.717) is 21.6 Å². The number of fused-ring (bicyclic) bond motifs is 2. The zero-order valence-electron chi connectivity index (χ0n) is 22.8. The Morgan fingerprint density at radius 3 is 2.71 bits per heavy atom. The van der Waals surface area contributed by atoms with Crippen LogP contribution in [-0.4, -0.2) is 83.8 Å². The summed E-state index contributed by atoms with van der Waals surface area (Å²) in [5.41, 5.74) is -0.179. The van der Waals surface area contributed by atoms with Crippen molar-refractivity contribution < 1.29 is 33.8 Å². The van der Waals surface area contributed by atoms with Crippen LogP contribution in [0, 0.1) is 18.8 Å². The molecule has 2 saturated heterocycles. The van der Waals surface area contributed by atoms with Gasteiger partial charge in [0.25, 0.3) is 5.91 Å². The van der Waals surface area contributed by atoms with Gasteiger partial charge in [0.05, 0.1) is 23.2 Å². The fourth-order valence-electron chi connectivity index (χ4n) is 6.33. The van der Waals surface area contributed by atoms with Crippen LogP contribution in [0.4, 0.5) is 5.69 Å². The van der Waals surface area contributed by atoms with E-state index in [1.165, 1.54) is 9.80 Å². The molecule has 1 aromatic rings. The number of ether oxygens (including phenoxy) is 2. The van der Waals surface area contributed by atoms with Crippen LogP contribution in [0.15, 0.2) is 40.9 Å². The van der Waals surface area contributed by atoms with Gasteiger partial charge < -0.3 is 29.7 Å². The van der Waals surface area contributed by atoms with E-state index in [1.54, 1.807) is 31.2 Å². The molecule has 1 spiro atoms. The zero-order valence-corrected chi connectivity index (χ0v) is 25.2. The lowest BCUT2D eigenvalue weighted by Crippen LogP contribution is -2.56. The summed E-state index contributed by atoms with van der Waals surface area (Å²) < 4.78 is 12.7. The molecule has 1 aromatic carbocycles. The highest BCUT2D eigenvalue weighted by atomic mass is 79.9. The van der Waals surface area contributed by atoms with Gasteiger partial charge in [-0.3, -0.25) is 19.2 Å². The van der Waals surface area contributed by atoms with Crippen LogP contribution in [-0.2, 0) is 28.7 Å². The SMILES string of the molecule is Cc1cccc(Cl)c1N1C/C=C\CCC(=O)NC[C@@H](C)OC(=O)[C@@H]2[C@H]3O[C@@]4(C=C3Br)[C@H](C1=O)N(CCCO)C(=O)[C@@H]24. The van der Waals surface area contributed by atoms with Gasteiger partial charge in [0.1, 0.15) is 29.8 Å². The molecule has 41 heavy (non-hydrogen) atoms. The van der Waals surface area contributed by atoms with Crippen molar-refractivity contribution in [3.8, 4) is 0 Å². The molecule has 4 aliphatic rings. The number of allylic oxidation sites excluding steroid dienone is 1. The lowest BCUT2D eigenvalue weighted by Gasteiger charge is -2.36. The van der Waals surface area contributed by atoms with Crippen molar-refractivity contribution in [2.75, 3.05) is 31.1 Å². The number of carbonyl (C=O) groups excluding carboxylic acids is 4. The average Bonchev–Trinajstić information content (AvgIpc) is 3.51. The van der Waals surface area contributed by atoms with Crippen LogP contribution in [0.5, 0.6) is 0 Å². The summed E-state index contributed by atoms with van der Waals surface area (Å²) in [5, 5.41) is 12.8. The van der Waals surface area contributed by atoms with Crippen molar-refractivity contribution >= 4 is 56.9 Å². The number of benzene rings is 1. The highest BCUT2D eigenvalue weighted by Gasteiger charge is 2.75. The zero-order chi connectivity index (χ0) is 29.5. The quantitative estimate of drug-likeness (QED) is 0.379. The predicted molar refractivity (Wildman–Crippen MR) is 154 cm³/mol. The number of aryl methyl sites for hydroxylation is 1. The van der Waals surface area contributed by atoms with Gasteiger partial charge in [-0.05, 0) is 44.4 Å². The number of carbonyl (C=O) groups is 4. The predicted octanol–water partition coefficient (Wildman–Crippen LogP) is 2.63. The normalized spacial score (nSPS) is 33.0. The van der Waals surface area contributed by atoms with Crippen molar-refractivity contribution in [1.29, 1.82) is 0 Å². The maximum absolute atomic E-state index is 14.7. The molecule has 0 radical (unpaired) electrons. The molecular formula is C29H33BrClN3O7. The van der Waals surface area contributed by atoms with Gasteiger partial charge in [-0.1, -0.05) is 51.8 Å². The van der Waals surface area contributed by atoms with Gasteiger partial charge in [0.2, 0.25) is 11.8 Å². The van der Waals surface area contributed by atoms with E-state index in [1.807, 2.05) is 19.1 Å². The number of halogens is 2. The van der Waals surface area contributed by atoms with E-state index in [0.717, 1.165) is 5.56 Å². The van der Waals surface area contributed by atoms with E-state index >= 15 is 0 Å². The van der Waals surface area contributed by atoms with E-state index in [4.69, 9.17) is 21.1 Å². The van der Waals surface area contributed by atoms with Crippen molar-refractivity contribution in [2.24, 2.45) is 11.8 Å². The molecular weight excluding hydrogens is 618 g/mol. The lowest BCUT2D eigenvalue weighted by molar-refractivity contribution is -0.158. The number of amides is 3. The highest BCUT2D eigenvalue weighted by molar-refractivity contribution is 9.11. The summed E-state index contributed by atoms with van der Waals surface area (Å²) in [6.07, 6.45) is 4.80. The van der Waals surface area contributed by atoms with Crippen LogP contribution < -0.4 is 10.2 Å². The second-order valence-electron chi connectivity index (χ2n) is 10.9. The van der Waals surface area contributed by atoms with Crippen molar-refractivity contribution in [2.45, 2.75) is 57.0 Å². The molecule has 6 atom stereocenters. The maximum Gasteiger partial charge on any atom is 0.313 e. The number of aliphatic hydroxyl groups excluding tert-OH is 1. The van der Waals surface area contributed by atoms with Crippen LogP contribution in [0.2, 0.25) is 5.02 Å². The Morgan fingerprint density at radius 2 is 1.98 bits per heavy atom. The van der Waals surface area contributed by atoms with Crippen molar-refractivity contribution in [1.82, 2.24) is 10.2 Å². The molecule has 3 amide bonds. The lowest BCUT2D eigenvalue weighted by atomic mass is 9.74. The monoisotopic (exact) mass is 649 g/mol. The summed E-state index contributed by atoms with van der Waals surface area (Å²) in [4.78, 5) is 57.7. The number of esters is 1. The highest BCUT2D eigenvalue weighted by Crippen LogP contribution is 2.59. The first-order valence-electron chi connectivity index (χ1n) is 13.8. The second kappa shape index (κ2) is 11.9. The molecule has 4 aliphatic heterocycles. The van der Waals surface area contributed by atoms with Crippen LogP contribution in [0.3, 0.4) is 0 Å². The van der Waals surface area contributed by atoms with Crippen molar-refractivity contribution in [3.05, 3.63) is 51.5 Å². The maximum atomic E-state index is 14.7. The molecule has 2 N–H and O–H groups in total. The Bertz CT molecular complexity index is 1300.